The molecule has 0 radical (unpaired) electrons. The van der Waals surface area contributed by atoms with E-state index in [1.54, 1.807) is 0 Å². The number of nitrogens with zero attached hydrogens (tertiary/aromatic N) is 1. The van der Waals surface area contributed by atoms with Gasteiger partial charge in [-0.2, -0.15) is 0 Å². The minimum absolute atomic E-state index is 0.445. The number of benzene rings is 1. The smallest absolute Gasteiger partial charge is 0.200 e. The predicted molar refractivity (Wildman–Crippen MR) is 58.5 cm³/mol. The van der Waals surface area contributed by atoms with Gasteiger partial charge in [-0.3, -0.25) is 0 Å². The fourth-order valence-electron chi connectivity index (χ4n) is 1.52. The van der Waals surface area contributed by atoms with Crippen LogP contribution in [0.3, 0.4) is 0 Å². The second kappa shape index (κ2) is 3.46. The molecule has 1 N–H and O–H groups in total. The molecule has 1 aromatic heterocycles. The highest BCUT2D eigenvalue weighted by Crippen LogP contribution is 2.25. The van der Waals surface area contributed by atoms with Crippen LogP contribution in [0.15, 0.2) is 24.3 Å². The second-order valence-electron chi connectivity index (χ2n) is 3.32. The van der Waals surface area contributed by atoms with Gasteiger partial charge in [-0.15, -0.1) is 0 Å². The molecule has 0 aliphatic rings. The Morgan fingerprint density at radius 2 is 1.93 bits per heavy atom. The lowest BCUT2D eigenvalue weighted by atomic mass is 10.1. The minimum Gasteiger partial charge on any atom is -0.332 e. The maximum Gasteiger partial charge on any atom is 0.200 e. The third kappa shape index (κ3) is 1.53. The summed E-state index contributed by atoms with van der Waals surface area (Å²) in [6.45, 7) is 4.04. The van der Waals surface area contributed by atoms with E-state index in [-0.39, 0.29) is 0 Å². The van der Waals surface area contributed by atoms with Crippen molar-refractivity contribution < 1.29 is 0 Å². The van der Waals surface area contributed by atoms with Crippen molar-refractivity contribution in [3.8, 4) is 11.3 Å². The van der Waals surface area contributed by atoms with Crippen LogP contribution in [-0.2, 0) is 0 Å². The number of hydrogen-bond donors (Lipinski definition) is 1. The van der Waals surface area contributed by atoms with Crippen molar-refractivity contribution >= 4 is 11.6 Å². The molecule has 0 amide bonds. The topological polar surface area (TPSA) is 28.7 Å². The summed E-state index contributed by atoms with van der Waals surface area (Å²) in [6, 6.07) is 8.14. The van der Waals surface area contributed by atoms with Gasteiger partial charge >= 0.3 is 0 Å². The van der Waals surface area contributed by atoms with Crippen LogP contribution in [0.25, 0.3) is 11.3 Å². The van der Waals surface area contributed by atoms with Crippen LogP contribution in [0.2, 0.25) is 5.28 Å². The Labute approximate surface area is 88.0 Å². The minimum atomic E-state index is 0.445. The van der Waals surface area contributed by atoms with E-state index in [9.17, 15) is 0 Å². The number of hydrogen-bond acceptors (Lipinski definition) is 1. The first-order valence-corrected chi connectivity index (χ1v) is 4.84. The number of aromatic amines is 1. The van der Waals surface area contributed by atoms with E-state index in [4.69, 9.17) is 11.6 Å². The van der Waals surface area contributed by atoms with Gasteiger partial charge in [0.15, 0.2) is 0 Å². The van der Waals surface area contributed by atoms with Crippen LogP contribution < -0.4 is 0 Å². The number of aromatic nitrogens is 2. The zero-order chi connectivity index (χ0) is 10.1. The summed E-state index contributed by atoms with van der Waals surface area (Å²) in [7, 11) is 0. The molecule has 2 nitrogen and oxygen atoms in total. The van der Waals surface area contributed by atoms with Gasteiger partial charge in [0.05, 0.1) is 5.69 Å². The maximum absolute atomic E-state index is 5.80. The molecule has 0 saturated carbocycles. The van der Waals surface area contributed by atoms with Crippen molar-refractivity contribution in [1.82, 2.24) is 9.97 Å². The van der Waals surface area contributed by atoms with Crippen LogP contribution in [0.1, 0.15) is 11.3 Å². The van der Waals surface area contributed by atoms with E-state index in [1.165, 1.54) is 5.56 Å². The van der Waals surface area contributed by atoms with Crippen LogP contribution >= 0.6 is 11.6 Å². The van der Waals surface area contributed by atoms with Crippen molar-refractivity contribution in [3.63, 3.8) is 0 Å². The molecule has 0 spiro atoms. The molecule has 0 unspecified atom stereocenters. The fourth-order valence-corrected chi connectivity index (χ4v) is 1.75. The molecule has 0 saturated heterocycles. The lowest BCUT2D eigenvalue weighted by Gasteiger charge is -2.02. The molecule has 0 aliphatic carbocycles. The molecule has 0 aliphatic heterocycles. The van der Waals surface area contributed by atoms with Crippen LogP contribution in [0.4, 0.5) is 0 Å². The fraction of sp³-hybridized carbons (Fsp3) is 0.182. The monoisotopic (exact) mass is 206 g/mol. The molecule has 72 valence electrons. The molecular weight excluding hydrogens is 196 g/mol. The lowest BCUT2D eigenvalue weighted by molar-refractivity contribution is 1.25. The highest BCUT2D eigenvalue weighted by atomic mass is 35.5. The first-order valence-electron chi connectivity index (χ1n) is 4.46. The highest BCUT2D eigenvalue weighted by molar-refractivity contribution is 6.28. The van der Waals surface area contributed by atoms with Gasteiger partial charge in [-0.1, -0.05) is 24.3 Å². The van der Waals surface area contributed by atoms with E-state index < -0.39 is 0 Å². The van der Waals surface area contributed by atoms with Crippen molar-refractivity contribution in [1.29, 1.82) is 0 Å². The van der Waals surface area contributed by atoms with E-state index in [0.717, 1.165) is 17.0 Å². The van der Waals surface area contributed by atoms with Gasteiger partial charge in [0.2, 0.25) is 5.28 Å². The first-order chi connectivity index (χ1) is 6.68. The van der Waals surface area contributed by atoms with Crippen LogP contribution in [-0.4, -0.2) is 9.97 Å². The molecule has 1 heterocycles. The zero-order valence-corrected chi connectivity index (χ0v) is 8.89. The van der Waals surface area contributed by atoms with Gasteiger partial charge in [0.25, 0.3) is 0 Å². The summed E-state index contributed by atoms with van der Waals surface area (Å²) < 4.78 is 0. The molecule has 0 fully saturated rings. The Bertz CT molecular complexity index is 460. The number of imidazole rings is 1. The highest BCUT2D eigenvalue weighted by Gasteiger charge is 2.08. The third-order valence-electron chi connectivity index (χ3n) is 2.26. The summed E-state index contributed by atoms with van der Waals surface area (Å²) in [5.41, 5.74) is 4.28. The van der Waals surface area contributed by atoms with Gasteiger partial charge < -0.3 is 4.98 Å². The summed E-state index contributed by atoms with van der Waals surface area (Å²) in [4.78, 5) is 7.24. The van der Waals surface area contributed by atoms with E-state index >= 15 is 0 Å². The van der Waals surface area contributed by atoms with Crippen molar-refractivity contribution in [2.24, 2.45) is 0 Å². The SMILES string of the molecule is Cc1ccccc1-c1nc(Cl)[nH]c1C. The Kier molecular flexibility index (Phi) is 2.30. The Balaban J connectivity index is 2.60. The molecular formula is C11H11ClN2. The molecule has 0 atom stereocenters. The van der Waals surface area contributed by atoms with Crippen molar-refractivity contribution in [3.05, 3.63) is 40.8 Å². The largest absolute Gasteiger partial charge is 0.332 e. The maximum atomic E-state index is 5.80. The Hall–Kier alpha value is -1.28. The number of rotatable bonds is 1. The standard InChI is InChI=1S/C11H11ClN2/c1-7-5-3-4-6-9(7)10-8(2)13-11(12)14-10/h3-6H,1-2H3,(H,13,14). The molecule has 3 heteroatoms. The summed E-state index contributed by atoms with van der Waals surface area (Å²) in [5.74, 6) is 0. The molecule has 14 heavy (non-hydrogen) atoms. The zero-order valence-electron chi connectivity index (χ0n) is 8.13. The molecule has 1 aromatic carbocycles. The third-order valence-corrected chi connectivity index (χ3v) is 2.44. The lowest BCUT2D eigenvalue weighted by Crippen LogP contribution is -1.84. The second-order valence-corrected chi connectivity index (χ2v) is 3.67. The average molecular weight is 207 g/mol. The van der Waals surface area contributed by atoms with Gasteiger partial charge in [0.1, 0.15) is 0 Å². The predicted octanol–water partition coefficient (Wildman–Crippen LogP) is 3.35. The Morgan fingerprint density at radius 3 is 2.50 bits per heavy atom. The van der Waals surface area contributed by atoms with Crippen molar-refractivity contribution in [2.45, 2.75) is 13.8 Å². The van der Waals surface area contributed by atoms with E-state index in [1.807, 2.05) is 19.1 Å². The molecule has 0 bridgehead atoms. The molecule has 2 aromatic rings. The average Bonchev–Trinajstić information content (AvgIpc) is 2.46. The number of nitrogens with one attached hydrogen (secondary N) is 1. The van der Waals surface area contributed by atoms with Gasteiger partial charge in [0, 0.05) is 11.3 Å². The molecule has 2 rings (SSSR count). The quantitative estimate of drug-likeness (QED) is 0.762. The van der Waals surface area contributed by atoms with E-state index in [0.29, 0.717) is 5.28 Å². The summed E-state index contributed by atoms with van der Waals surface area (Å²) >= 11 is 5.80. The summed E-state index contributed by atoms with van der Waals surface area (Å²) in [5, 5.41) is 0.445. The van der Waals surface area contributed by atoms with Gasteiger partial charge in [-0.05, 0) is 31.0 Å². The number of H-pyrrole nitrogens is 1. The van der Waals surface area contributed by atoms with Crippen LogP contribution in [0, 0.1) is 13.8 Å². The van der Waals surface area contributed by atoms with Crippen LogP contribution in [0.5, 0.6) is 0 Å². The first kappa shape index (κ1) is 9.28. The van der Waals surface area contributed by atoms with Crippen molar-refractivity contribution in [2.75, 3.05) is 0 Å². The van der Waals surface area contributed by atoms with E-state index in [2.05, 4.69) is 29.0 Å². The number of halogens is 1. The number of aryl methyl sites for hydroxylation is 2. The normalized spacial score (nSPS) is 10.5. The van der Waals surface area contributed by atoms with Gasteiger partial charge in [-0.25, -0.2) is 4.98 Å². The summed E-state index contributed by atoms with van der Waals surface area (Å²) in [6.07, 6.45) is 0. The Morgan fingerprint density at radius 1 is 1.21 bits per heavy atom.